The van der Waals surface area contributed by atoms with Crippen LogP contribution >= 0.6 is 0 Å². The predicted molar refractivity (Wildman–Crippen MR) is 61.9 cm³/mol. The summed E-state index contributed by atoms with van der Waals surface area (Å²) >= 11 is 0. The van der Waals surface area contributed by atoms with Crippen LogP contribution < -0.4 is 5.32 Å². The molecular formula is C13H13NO. The third-order valence-electron chi connectivity index (χ3n) is 3.03. The Hall–Kier alpha value is -1.54. The fourth-order valence-electron chi connectivity index (χ4n) is 2.27. The summed E-state index contributed by atoms with van der Waals surface area (Å²) in [5, 5.41) is 15.2. The Morgan fingerprint density at radius 1 is 1.13 bits per heavy atom. The van der Waals surface area contributed by atoms with Crippen LogP contribution in [0.2, 0.25) is 0 Å². The summed E-state index contributed by atoms with van der Waals surface area (Å²) in [6, 6.07) is 12.5. The molecule has 0 aliphatic carbocycles. The molecule has 1 aliphatic heterocycles. The van der Waals surface area contributed by atoms with Crippen LogP contribution in [0.25, 0.3) is 10.8 Å². The molecule has 0 saturated heterocycles. The van der Waals surface area contributed by atoms with Crippen molar-refractivity contribution in [2.24, 2.45) is 0 Å². The van der Waals surface area contributed by atoms with Crippen LogP contribution in [0.5, 0.6) is 0 Å². The van der Waals surface area contributed by atoms with Gasteiger partial charge < -0.3 is 10.4 Å². The second-order valence-corrected chi connectivity index (χ2v) is 4.01. The van der Waals surface area contributed by atoms with Crippen LogP contribution in [-0.4, -0.2) is 11.3 Å². The molecule has 1 unspecified atom stereocenters. The number of aryl methyl sites for hydroxylation is 1. The highest BCUT2D eigenvalue weighted by Gasteiger charge is 2.16. The van der Waals surface area contributed by atoms with E-state index in [-0.39, 0.29) is 0 Å². The van der Waals surface area contributed by atoms with Gasteiger partial charge in [0.15, 0.2) is 0 Å². The van der Waals surface area contributed by atoms with Gasteiger partial charge in [0.2, 0.25) is 0 Å². The quantitative estimate of drug-likeness (QED) is 0.683. The Bertz CT molecular complexity index is 507. The zero-order valence-electron chi connectivity index (χ0n) is 8.40. The molecule has 0 amide bonds. The van der Waals surface area contributed by atoms with Gasteiger partial charge in [0.25, 0.3) is 0 Å². The Morgan fingerprint density at radius 2 is 2.00 bits per heavy atom. The van der Waals surface area contributed by atoms with Crippen molar-refractivity contribution < 1.29 is 5.11 Å². The van der Waals surface area contributed by atoms with Crippen LogP contribution in [0.15, 0.2) is 36.4 Å². The molecule has 2 aromatic carbocycles. The van der Waals surface area contributed by atoms with Crippen molar-refractivity contribution in [3.63, 3.8) is 0 Å². The van der Waals surface area contributed by atoms with Crippen molar-refractivity contribution in [1.82, 2.24) is 0 Å². The standard InChI is InChI=1S/C13H13NO/c15-13-8-6-11-10-4-2-1-3-9(10)5-7-12(11)14-13/h1-5,7,13-15H,6,8H2. The summed E-state index contributed by atoms with van der Waals surface area (Å²) in [4.78, 5) is 0. The van der Waals surface area contributed by atoms with Crippen molar-refractivity contribution in [3.05, 3.63) is 42.0 Å². The number of aliphatic hydroxyl groups is 1. The molecule has 2 nitrogen and oxygen atoms in total. The average Bonchev–Trinajstić information content (AvgIpc) is 2.28. The molecule has 3 rings (SSSR count). The largest absolute Gasteiger partial charge is 0.374 e. The molecule has 0 bridgehead atoms. The lowest BCUT2D eigenvalue weighted by Gasteiger charge is -2.24. The first kappa shape index (κ1) is 8.74. The van der Waals surface area contributed by atoms with Gasteiger partial charge in [0, 0.05) is 5.69 Å². The number of aliphatic hydroxyl groups excluding tert-OH is 1. The number of fused-ring (bicyclic) bond motifs is 3. The number of nitrogens with one attached hydrogen (secondary N) is 1. The number of benzene rings is 2. The number of hydrogen-bond acceptors (Lipinski definition) is 2. The molecule has 15 heavy (non-hydrogen) atoms. The van der Waals surface area contributed by atoms with Gasteiger partial charge in [-0.15, -0.1) is 0 Å². The minimum Gasteiger partial charge on any atom is -0.374 e. The average molecular weight is 199 g/mol. The van der Waals surface area contributed by atoms with Crippen LogP contribution in [0.3, 0.4) is 0 Å². The van der Waals surface area contributed by atoms with Gasteiger partial charge in [-0.05, 0) is 35.2 Å². The Kier molecular flexibility index (Phi) is 1.89. The fraction of sp³-hybridized carbons (Fsp3) is 0.231. The summed E-state index contributed by atoms with van der Waals surface area (Å²) < 4.78 is 0. The van der Waals surface area contributed by atoms with Crippen molar-refractivity contribution in [2.75, 3.05) is 5.32 Å². The summed E-state index contributed by atoms with van der Waals surface area (Å²) in [5.74, 6) is 0. The summed E-state index contributed by atoms with van der Waals surface area (Å²) in [5.41, 5.74) is 2.41. The molecule has 0 radical (unpaired) electrons. The van der Waals surface area contributed by atoms with E-state index in [1.807, 2.05) is 0 Å². The molecule has 0 fully saturated rings. The maximum Gasteiger partial charge on any atom is 0.124 e. The van der Waals surface area contributed by atoms with Crippen molar-refractivity contribution in [1.29, 1.82) is 0 Å². The van der Waals surface area contributed by atoms with Crippen LogP contribution in [0.1, 0.15) is 12.0 Å². The van der Waals surface area contributed by atoms with Gasteiger partial charge in [-0.3, -0.25) is 0 Å². The molecule has 2 aromatic rings. The Labute approximate surface area is 88.5 Å². The molecule has 76 valence electrons. The van der Waals surface area contributed by atoms with Gasteiger partial charge >= 0.3 is 0 Å². The first-order valence-corrected chi connectivity index (χ1v) is 5.30. The first-order chi connectivity index (χ1) is 7.34. The normalized spacial score (nSPS) is 19.7. The van der Waals surface area contributed by atoms with E-state index in [9.17, 15) is 5.11 Å². The van der Waals surface area contributed by atoms with E-state index in [1.54, 1.807) is 0 Å². The zero-order chi connectivity index (χ0) is 10.3. The maximum atomic E-state index is 9.52. The number of anilines is 1. The van der Waals surface area contributed by atoms with Gasteiger partial charge in [-0.2, -0.15) is 0 Å². The second kappa shape index (κ2) is 3.24. The van der Waals surface area contributed by atoms with E-state index in [2.05, 4.69) is 41.7 Å². The molecule has 2 heteroatoms. The van der Waals surface area contributed by atoms with E-state index in [0.29, 0.717) is 0 Å². The monoisotopic (exact) mass is 199 g/mol. The summed E-state index contributed by atoms with van der Waals surface area (Å²) in [7, 11) is 0. The van der Waals surface area contributed by atoms with Crippen molar-refractivity contribution >= 4 is 16.5 Å². The highest BCUT2D eigenvalue weighted by molar-refractivity contribution is 5.90. The maximum absolute atomic E-state index is 9.52. The molecule has 1 heterocycles. The SMILES string of the molecule is OC1CCc2c(ccc3ccccc23)N1. The highest BCUT2D eigenvalue weighted by Crippen LogP contribution is 2.31. The van der Waals surface area contributed by atoms with Crippen LogP contribution in [0.4, 0.5) is 5.69 Å². The molecule has 0 saturated carbocycles. The van der Waals surface area contributed by atoms with Crippen molar-refractivity contribution in [3.8, 4) is 0 Å². The van der Waals surface area contributed by atoms with E-state index in [4.69, 9.17) is 0 Å². The second-order valence-electron chi connectivity index (χ2n) is 4.01. The molecular weight excluding hydrogens is 186 g/mol. The summed E-state index contributed by atoms with van der Waals surface area (Å²) in [6.07, 6.45) is 1.35. The number of hydrogen-bond donors (Lipinski definition) is 2. The van der Waals surface area contributed by atoms with Gasteiger partial charge in [-0.1, -0.05) is 30.3 Å². The Balaban J connectivity index is 2.25. The minimum atomic E-state index is -0.390. The minimum absolute atomic E-state index is 0.390. The van der Waals surface area contributed by atoms with Crippen LogP contribution in [-0.2, 0) is 6.42 Å². The van der Waals surface area contributed by atoms with Crippen LogP contribution in [0, 0.1) is 0 Å². The third kappa shape index (κ3) is 1.38. The molecule has 1 aliphatic rings. The van der Waals surface area contributed by atoms with Crippen molar-refractivity contribution in [2.45, 2.75) is 19.1 Å². The lowest BCUT2D eigenvalue weighted by atomic mass is 9.96. The first-order valence-electron chi connectivity index (χ1n) is 5.30. The van der Waals surface area contributed by atoms with Gasteiger partial charge in [0.05, 0.1) is 0 Å². The van der Waals surface area contributed by atoms with Gasteiger partial charge in [0.1, 0.15) is 6.23 Å². The molecule has 0 spiro atoms. The Morgan fingerprint density at radius 3 is 2.93 bits per heavy atom. The summed E-state index contributed by atoms with van der Waals surface area (Å²) in [6.45, 7) is 0. The molecule has 0 aromatic heterocycles. The lowest BCUT2D eigenvalue weighted by molar-refractivity contribution is 0.189. The predicted octanol–water partition coefficient (Wildman–Crippen LogP) is 2.52. The molecule has 2 N–H and O–H groups in total. The fourth-order valence-corrected chi connectivity index (χ4v) is 2.27. The number of rotatable bonds is 0. The van der Waals surface area contributed by atoms with E-state index in [0.717, 1.165) is 18.5 Å². The van der Waals surface area contributed by atoms with Gasteiger partial charge in [-0.25, -0.2) is 0 Å². The topological polar surface area (TPSA) is 32.3 Å². The van der Waals surface area contributed by atoms with E-state index >= 15 is 0 Å². The van der Waals surface area contributed by atoms with E-state index < -0.39 is 6.23 Å². The smallest absolute Gasteiger partial charge is 0.124 e. The highest BCUT2D eigenvalue weighted by atomic mass is 16.3. The van der Waals surface area contributed by atoms with E-state index in [1.165, 1.54) is 16.3 Å². The third-order valence-corrected chi connectivity index (χ3v) is 3.03. The lowest BCUT2D eigenvalue weighted by Crippen LogP contribution is -2.24. The zero-order valence-corrected chi connectivity index (χ0v) is 8.40. The molecule has 1 atom stereocenters.